The van der Waals surface area contributed by atoms with Gasteiger partial charge in [-0.1, -0.05) is 12.1 Å². The molecule has 0 unspecified atom stereocenters. The van der Waals surface area contributed by atoms with Gasteiger partial charge in [-0.05, 0) is 75.5 Å². The maximum atomic E-state index is 13.1. The Bertz CT molecular complexity index is 1420. The third-order valence-electron chi connectivity index (χ3n) is 6.13. The predicted molar refractivity (Wildman–Crippen MR) is 132 cm³/mol. The molecule has 9 heteroatoms. The molecule has 4 aromatic rings. The Morgan fingerprint density at radius 1 is 1.18 bits per heavy atom. The maximum absolute atomic E-state index is 13.1. The Morgan fingerprint density at radius 2 is 2.03 bits per heavy atom. The van der Waals surface area contributed by atoms with Crippen LogP contribution in [0, 0.1) is 0 Å². The van der Waals surface area contributed by atoms with Crippen LogP contribution >= 0.6 is 0 Å². The van der Waals surface area contributed by atoms with Crippen LogP contribution in [-0.2, 0) is 25.1 Å². The molecule has 0 saturated heterocycles. The van der Waals surface area contributed by atoms with Crippen molar-refractivity contribution in [1.29, 1.82) is 0 Å². The molecule has 176 valence electrons. The second kappa shape index (κ2) is 8.66. The summed E-state index contributed by atoms with van der Waals surface area (Å²) in [6.07, 6.45) is 3.76. The molecule has 34 heavy (non-hydrogen) atoms. The first-order chi connectivity index (χ1) is 16.3. The summed E-state index contributed by atoms with van der Waals surface area (Å²) in [6, 6.07) is 11.7. The highest BCUT2D eigenvalue weighted by Crippen LogP contribution is 2.24. The molecule has 0 aliphatic carbocycles. The highest BCUT2D eigenvalue weighted by molar-refractivity contribution is 5.77. The second-order valence-corrected chi connectivity index (χ2v) is 9.09. The number of aromatic nitrogens is 5. The van der Waals surface area contributed by atoms with Crippen molar-refractivity contribution in [1.82, 2.24) is 29.6 Å². The van der Waals surface area contributed by atoms with E-state index in [-0.39, 0.29) is 5.56 Å². The van der Waals surface area contributed by atoms with Gasteiger partial charge in [-0.3, -0.25) is 4.79 Å². The van der Waals surface area contributed by atoms with Gasteiger partial charge >= 0.3 is 0 Å². The normalized spacial score (nSPS) is 14.1. The Morgan fingerprint density at radius 3 is 2.82 bits per heavy atom. The third-order valence-corrected chi connectivity index (χ3v) is 6.13. The largest absolute Gasteiger partial charge is 0.384 e. The lowest BCUT2D eigenvalue weighted by molar-refractivity contribution is 0.0738. The van der Waals surface area contributed by atoms with Crippen molar-refractivity contribution in [3.63, 3.8) is 0 Å². The summed E-state index contributed by atoms with van der Waals surface area (Å²) in [5.74, 6) is 0.906. The molecule has 1 aliphatic heterocycles. The molecular formula is C25H29N7O2. The molecule has 0 amide bonds. The van der Waals surface area contributed by atoms with Crippen molar-refractivity contribution >= 4 is 22.7 Å². The number of rotatable bonds is 5. The number of hydrogen-bond donors (Lipinski definition) is 3. The minimum Gasteiger partial charge on any atom is -0.384 e. The van der Waals surface area contributed by atoms with E-state index in [0.29, 0.717) is 35.0 Å². The quantitative estimate of drug-likeness (QED) is 0.421. The van der Waals surface area contributed by atoms with E-state index in [2.05, 4.69) is 32.7 Å². The van der Waals surface area contributed by atoms with E-state index in [0.717, 1.165) is 31.6 Å². The SMILES string of the molecule is CCn1c(=O)c2cnc(Nc3ccc4c(c3)CNCCC4)nc2n1-c1cccc(C(C)(C)O)n1. The van der Waals surface area contributed by atoms with E-state index in [1.165, 1.54) is 11.1 Å². The Labute approximate surface area is 197 Å². The van der Waals surface area contributed by atoms with Crippen LogP contribution in [0.15, 0.2) is 47.4 Å². The third kappa shape index (κ3) is 4.08. The lowest BCUT2D eigenvalue weighted by Crippen LogP contribution is -2.23. The van der Waals surface area contributed by atoms with Gasteiger partial charge in [-0.2, -0.15) is 4.98 Å². The smallest absolute Gasteiger partial charge is 0.278 e. The second-order valence-electron chi connectivity index (χ2n) is 9.09. The van der Waals surface area contributed by atoms with E-state index in [4.69, 9.17) is 4.98 Å². The molecule has 0 bridgehead atoms. The molecule has 5 rings (SSSR count). The van der Waals surface area contributed by atoms with Crippen LogP contribution in [0.5, 0.6) is 0 Å². The lowest BCUT2D eigenvalue weighted by Gasteiger charge is -2.18. The van der Waals surface area contributed by atoms with Crippen LogP contribution in [0.25, 0.3) is 16.9 Å². The Hall–Kier alpha value is -3.56. The molecule has 0 spiro atoms. The van der Waals surface area contributed by atoms with Crippen molar-refractivity contribution in [2.45, 2.75) is 52.3 Å². The standard InChI is InChI=1S/C25H29N7O2/c1-4-31-23(33)19-15-27-24(28-18-11-10-16-7-6-12-26-14-17(16)13-18)30-22(19)32(31)21-9-5-8-20(29-21)25(2,3)34/h5,8-11,13,15,26,34H,4,6-7,12,14H2,1-3H3,(H,27,28,30). The summed E-state index contributed by atoms with van der Waals surface area (Å²) in [5.41, 5.74) is 3.19. The number of aryl methyl sites for hydroxylation is 1. The number of fused-ring (bicyclic) bond motifs is 2. The van der Waals surface area contributed by atoms with E-state index in [1.54, 1.807) is 41.5 Å². The summed E-state index contributed by atoms with van der Waals surface area (Å²) >= 11 is 0. The van der Waals surface area contributed by atoms with Gasteiger partial charge in [0, 0.05) is 25.0 Å². The molecular weight excluding hydrogens is 430 g/mol. The Kier molecular flexibility index (Phi) is 5.66. The molecule has 1 aliphatic rings. The van der Waals surface area contributed by atoms with E-state index in [1.807, 2.05) is 19.1 Å². The number of benzene rings is 1. The molecule has 1 aromatic carbocycles. The van der Waals surface area contributed by atoms with Crippen molar-refractivity contribution in [3.05, 3.63) is 69.8 Å². The van der Waals surface area contributed by atoms with E-state index >= 15 is 0 Å². The molecule has 3 aromatic heterocycles. The first kappa shape index (κ1) is 22.2. The first-order valence-electron chi connectivity index (χ1n) is 11.6. The van der Waals surface area contributed by atoms with E-state index < -0.39 is 5.60 Å². The van der Waals surface area contributed by atoms with Crippen LogP contribution in [0.1, 0.15) is 44.0 Å². The summed E-state index contributed by atoms with van der Waals surface area (Å²) in [4.78, 5) is 26.8. The van der Waals surface area contributed by atoms with Crippen LogP contribution in [0.4, 0.5) is 11.6 Å². The topological polar surface area (TPSA) is 110 Å². The van der Waals surface area contributed by atoms with Gasteiger partial charge in [0.15, 0.2) is 11.5 Å². The van der Waals surface area contributed by atoms with Gasteiger partial charge in [0.1, 0.15) is 11.0 Å². The van der Waals surface area contributed by atoms with Crippen molar-refractivity contribution in [2.75, 3.05) is 11.9 Å². The maximum Gasteiger partial charge on any atom is 0.278 e. The average molecular weight is 460 g/mol. The molecule has 0 saturated carbocycles. The fourth-order valence-corrected chi connectivity index (χ4v) is 4.36. The number of aliphatic hydroxyl groups is 1. The number of nitrogens with zero attached hydrogens (tertiary/aromatic N) is 5. The van der Waals surface area contributed by atoms with Crippen molar-refractivity contribution in [3.8, 4) is 5.82 Å². The summed E-state index contributed by atoms with van der Waals surface area (Å²) in [7, 11) is 0. The highest BCUT2D eigenvalue weighted by atomic mass is 16.3. The van der Waals surface area contributed by atoms with Crippen molar-refractivity contribution < 1.29 is 5.11 Å². The zero-order valence-corrected chi connectivity index (χ0v) is 19.7. The van der Waals surface area contributed by atoms with Crippen LogP contribution in [-0.4, -0.2) is 36.0 Å². The number of pyridine rings is 1. The first-order valence-corrected chi connectivity index (χ1v) is 11.6. The minimum absolute atomic E-state index is 0.185. The van der Waals surface area contributed by atoms with Gasteiger partial charge < -0.3 is 15.7 Å². The Balaban J connectivity index is 1.59. The van der Waals surface area contributed by atoms with Gasteiger partial charge in [-0.25, -0.2) is 19.3 Å². The van der Waals surface area contributed by atoms with Gasteiger partial charge in [0.2, 0.25) is 5.95 Å². The van der Waals surface area contributed by atoms with Gasteiger partial charge in [-0.15, -0.1) is 0 Å². The molecule has 9 nitrogen and oxygen atoms in total. The van der Waals surface area contributed by atoms with Crippen LogP contribution in [0.2, 0.25) is 0 Å². The number of hydrogen-bond acceptors (Lipinski definition) is 7. The lowest BCUT2D eigenvalue weighted by atomic mass is 10.0. The minimum atomic E-state index is -1.11. The number of nitrogens with one attached hydrogen (secondary N) is 2. The zero-order chi connectivity index (χ0) is 23.9. The van der Waals surface area contributed by atoms with Gasteiger partial charge in [0.25, 0.3) is 5.56 Å². The number of anilines is 2. The monoisotopic (exact) mass is 459 g/mol. The van der Waals surface area contributed by atoms with Crippen molar-refractivity contribution in [2.24, 2.45) is 0 Å². The highest BCUT2D eigenvalue weighted by Gasteiger charge is 2.21. The summed E-state index contributed by atoms with van der Waals surface area (Å²) in [5, 5.41) is 17.6. The molecule has 0 fully saturated rings. The fraction of sp³-hybridized carbons (Fsp3) is 0.360. The molecule has 4 heterocycles. The average Bonchev–Trinajstić information content (AvgIpc) is 2.95. The molecule has 0 radical (unpaired) electrons. The van der Waals surface area contributed by atoms with Crippen LogP contribution in [0.3, 0.4) is 0 Å². The van der Waals surface area contributed by atoms with Gasteiger partial charge in [0.05, 0.1) is 5.69 Å². The zero-order valence-electron chi connectivity index (χ0n) is 19.7. The molecule has 0 atom stereocenters. The molecule has 3 N–H and O–H groups in total. The van der Waals surface area contributed by atoms with Crippen LogP contribution < -0.4 is 16.2 Å². The fourth-order valence-electron chi connectivity index (χ4n) is 4.36. The van der Waals surface area contributed by atoms with E-state index in [9.17, 15) is 9.90 Å². The summed E-state index contributed by atoms with van der Waals surface area (Å²) < 4.78 is 3.27. The predicted octanol–water partition coefficient (Wildman–Crippen LogP) is 3.00. The summed E-state index contributed by atoms with van der Waals surface area (Å²) in [6.45, 7) is 7.55.